The summed E-state index contributed by atoms with van der Waals surface area (Å²) in [6, 6.07) is 14.2. The molecule has 134 valence electrons. The van der Waals surface area contributed by atoms with E-state index in [0.29, 0.717) is 17.2 Å². The number of aryl methyl sites for hydroxylation is 2. The Kier molecular flexibility index (Phi) is 4.90. The maximum atomic E-state index is 13.2. The highest BCUT2D eigenvalue weighted by molar-refractivity contribution is 7.92. The molecule has 0 aliphatic heterocycles. The van der Waals surface area contributed by atoms with E-state index >= 15 is 0 Å². The summed E-state index contributed by atoms with van der Waals surface area (Å²) in [5.41, 5.74) is 2.83. The Bertz CT molecular complexity index is 1030. The second-order valence-electron chi connectivity index (χ2n) is 5.92. The predicted octanol–water partition coefficient (Wildman–Crippen LogP) is 4.38. The fraction of sp³-hybridized carbons (Fsp3) is 0.105. The van der Waals surface area contributed by atoms with Gasteiger partial charge in [-0.15, -0.1) is 0 Å². The van der Waals surface area contributed by atoms with Crippen LogP contribution in [-0.4, -0.2) is 13.4 Å². The molecule has 0 aliphatic rings. The number of rotatable bonds is 5. The highest BCUT2D eigenvalue weighted by atomic mass is 32.2. The molecule has 5 nitrogen and oxygen atoms in total. The number of anilines is 3. The highest BCUT2D eigenvalue weighted by Crippen LogP contribution is 2.20. The number of hydrogen-bond acceptors (Lipinski definition) is 4. The van der Waals surface area contributed by atoms with Gasteiger partial charge in [-0.2, -0.15) is 0 Å². The summed E-state index contributed by atoms with van der Waals surface area (Å²) in [6.07, 6.45) is 1.40. The van der Waals surface area contributed by atoms with Gasteiger partial charge in [0.25, 0.3) is 10.0 Å². The molecule has 1 heterocycles. The molecule has 0 amide bonds. The van der Waals surface area contributed by atoms with E-state index in [0.717, 1.165) is 11.1 Å². The molecule has 2 aromatic carbocycles. The molecule has 0 atom stereocenters. The molecule has 0 spiro atoms. The van der Waals surface area contributed by atoms with Crippen molar-refractivity contribution in [3.05, 3.63) is 77.7 Å². The highest BCUT2D eigenvalue weighted by Gasteiger charge is 2.15. The summed E-state index contributed by atoms with van der Waals surface area (Å²) in [6.45, 7) is 3.79. The van der Waals surface area contributed by atoms with Crippen LogP contribution in [0.2, 0.25) is 0 Å². The Morgan fingerprint density at radius 2 is 1.73 bits per heavy atom. The predicted molar refractivity (Wildman–Crippen MR) is 101 cm³/mol. The summed E-state index contributed by atoms with van der Waals surface area (Å²) in [5.74, 6) is 0.123. The standard InChI is InChI=1S/C19H18FN3O2S/c1-13-6-8-18(10-14(13)2)26(24,25)23-17-7-9-19(21-12-17)22-16-5-3-4-15(20)11-16/h3-12,23H,1-2H3,(H,21,22). The van der Waals surface area contributed by atoms with Crippen molar-refractivity contribution >= 4 is 27.2 Å². The van der Waals surface area contributed by atoms with Gasteiger partial charge in [0.2, 0.25) is 0 Å². The van der Waals surface area contributed by atoms with Gasteiger partial charge >= 0.3 is 0 Å². The maximum Gasteiger partial charge on any atom is 0.261 e. The summed E-state index contributed by atoms with van der Waals surface area (Å²) in [7, 11) is -3.69. The Morgan fingerprint density at radius 3 is 2.38 bits per heavy atom. The third-order valence-corrected chi connectivity index (χ3v) is 5.28. The van der Waals surface area contributed by atoms with Gasteiger partial charge in [0.1, 0.15) is 11.6 Å². The lowest BCUT2D eigenvalue weighted by molar-refractivity contribution is 0.601. The summed E-state index contributed by atoms with van der Waals surface area (Å²) in [4.78, 5) is 4.35. The molecule has 26 heavy (non-hydrogen) atoms. The topological polar surface area (TPSA) is 71.1 Å². The third kappa shape index (κ3) is 4.18. The van der Waals surface area contributed by atoms with E-state index in [9.17, 15) is 12.8 Å². The average molecular weight is 371 g/mol. The van der Waals surface area contributed by atoms with Crippen LogP contribution >= 0.6 is 0 Å². The van der Waals surface area contributed by atoms with Gasteiger partial charge in [-0.25, -0.2) is 17.8 Å². The number of benzene rings is 2. The third-order valence-electron chi connectivity index (χ3n) is 3.90. The Balaban J connectivity index is 1.75. The fourth-order valence-corrected chi connectivity index (χ4v) is 3.47. The van der Waals surface area contributed by atoms with E-state index in [-0.39, 0.29) is 10.7 Å². The van der Waals surface area contributed by atoms with Gasteiger partial charge in [-0.3, -0.25) is 4.72 Å². The van der Waals surface area contributed by atoms with Gasteiger partial charge in [-0.05, 0) is 67.4 Å². The van der Waals surface area contributed by atoms with Crippen LogP contribution < -0.4 is 10.0 Å². The molecule has 3 rings (SSSR count). The van der Waals surface area contributed by atoms with Crippen molar-refractivity contribution in [2.24, 2.45) is 0 Å². The first-order valence-electron chi connectivity index (χ1n) is 7.92. The molecular formula is C19H18FN3O2S. The number of hydrogen-bond donors (Lipinski definition) is 2. The van der Waals surface area contributed by atoms with Crippen molar-refractivity contribution in [1.29, 1.82) is 0 Å². The lowest BCUT2D eigenvalue weighted by atomic mass is 10.1. The summed E-state index contributed by atoms with van der Waals surface area (Å²) < 4.78 is 40.7. The molecule has 7 heteroatoms. The average Bonchev–Trinajstić information content (AvgIpc) is 2.59. The van der Waals surface area contributed by atoms with Gasteiger partial charge in [0.05, 0.1) is 16.8 Å². The van der Waals surface area contributed by atoms with Crippen molar-refractivity contribution in [2.75, 3.05) is 10.0 Å². The number of nitrogens with zero attached hydrogens (tertiary/aromatic N) is 1. The van der Waals surface area contributed by atoms with E-state index < -0.39 is 10.0 Å². The summed E-state index contributed by atoms with van der Waals surface area (Å²) in [5, 5.41) is 2.95. The lowest BCUT2D eigenvalue weighted by Gasteiger charge is -2.10. The zero-order valence-electron chi connectivity index (χ0n) is 14.3. The molecule has 2 N–H and O–H groups in total. The van der Waals surface area contributed by atoms with Gasteiger partial charge < -0.3 is 5.32 Å². The number of nitrogens with one attached hydrogen (secondary N) is 2. The maximum absolute atomic E-state index is 13.2. The van der Waals surface area contributed by atoms with Gasteiger partial charge in [0.15, 0.2) is 0 Å². The molecule has 0 saturated heterocycles. The zero-order valence-corrected chi connectivity index (χ0v) is 15.1. The smallest absolute Gasteiger partial charge is 0.261 e. The van der Waals surface area contributed by atoms with Crippen LogP contribution in [0.5, 0.6) is 0 Å². The largest absolute Gasteiger partial charge is 0.340 e. The molecule has 3 aromatic rings. The van der Waals surface area contributed by atoms with Crippen LogP contribution in [-0.2, 0) is 10.0 Å². The number of pyridine rings is 1. The Hall–Kier alpha value is -2.93. The molecule has 1 aromatic heterocycles. The molecule has 0 radical (unpaired) electrons. The fourth-order valence-electron chi connectivity index (χ4n) is 2.34. The van der Waals surface area contributed by atoms with E-state index in [4.69, 9.17) is 0 Å². The van der Waals surface area contributed by atoms with Crippen molar-refractivity contribution in [3.63, 3.8) is 0 Å². The minimum Gasteiger partial charge on any atom is -0.340 e. The molecule has 0 fully saturated rings. The van der Waals surface area contributed by atoms with Crippen molar-refractivity contribution in [3.8, 4) is 0 Å². The Labute approximate surface area is 152 Å². The minimum atomic E-state index is -3.69. The first-order valence-corrected chi connectivity index (χ1v) is 9.40. The molecular weight excluding hydrogens is 353 g/mol. The first kappa shape index (κ1) is 17.9. The van der Waals surface area contributed by atoms with E-state index in [2.05, 4.69) is 15.0 Å². The summed E-state index contributed by atoms with van der Waals surface area (Å²) >= 11 is 0. The first-order chi connectivity index (χ1) is 12.3. The Morgan fingerprint density at radius 1 is 0.923 bits per heavy atom. The molecule has 0 aliphatic carbocycles. The van der Waals surface area contributed by atoms with Crippen LogP contribution in [0, 0.1) is 19.7 Å². The van der Waals surface area contributed by atoms with Crippen LogP contribution in [0.15, 0.2) is 65.7 Å². The van der Waals surface area contributed by atoms with Crippen LogP contribution in [0.25, 0.3) is 0 Å². The number of aromatic nitrogens is 1. The SMILES string of the molecule is Cc1ccc(S(=O)(=O)Nc2ccc(Nc3cccc(F)c3)nc2)cc1C. The molecule has 0 bridgehead atoms. The van der Waals surface area contributed by atoms with Gasteiger partial charge in [0, 0.05) is 5.69 Å². The van der Waals surface area contributed by atoms with Crippen molar-refractivity contribution in [2.45, 2.75) is 18.7 Å². The monoisotopic (exact) mass is 371 g/mol. The molecule has 0 unspecified atom stereocenters. The number of sulfonamides is 1. The van der Waals surface area contributed by atoms with Crippen molar-refractivity contribution < 1.29 is 12.8 Å². The lowest BCUT2D eigenvalue weighted by Crippen LogP contribution is -2.13. The van der Waals surface area contributed by atoms with Crippen LogP contribution in [0.4, 0.5) is 21.6 Å². The molecule has 0 saturated carbocycles. The van der Waals surface area contributed by atoms with Crippen LogP contribution in [0.3, 0.4) is 0 Å². The van der Waals surface area contributed by atoms with Crippen molar-refractivity contribution in [1.82, 2.24) is 4.98 Å². The zero-order chi connectivity index (χ0) is 18.7. The van der Waals surface area contributed by atoms with Crippen LogP contribution in [0.1, 0.15) is 11.1 Å². The minimum absolute atomic E-state index is 0.197. The second-order valence-corrected chi connectivity index (χ2v) is 7.60. The number of halogens is 1. The normalized spacial score (nSPS) is 11.2. The van der Waals surface area contributed by atoms with E-state index in [1.807, 2.05) is 13.8 Å². The van der Waals surface area contributed by atoms with E-state index in [1.54, 1.807) is 42.5 Å². The van der Waals surface area contributed by atoms with E-state index in [1.165, 1.54) is 18.3 Å². The second kappa shape index (κ2) is 7.13. The van der Waals surface area contributed by atoms with Gasteiger partial charge in [-0.1, -0.05) is 12.1 Å². The quantitative estimate of drug-likeness (QED) is 0.698.